The normalized spacial score (nSPS) is 13.8. The van der Waals surface area contributed by atoms with E-state index < -0.39 is 20.5 Å². The minimum absolute atomic E-state index is 0.0989. The smallest absolute Gasteiger partial charge is 0.179 e. The molecular weight excluding hydrogens is 253 g/mol. The summed E-state index contributed by atoms with van der Waals surface area (Å²) in [5.74, 6) is -0.828. The van der Waals surface area contributed by atoms with E-state index in [2.05, 4.69) is 0 Å². The molecule has 0 aliphatic carbocycles. The second kappa shape index (κ2) is 4.69. The first kappa shape index (κ1) is 13.4. The molecule has 0 aliphatic rings. The van der Waals surface area contributed by atoms with Gasteiger partial charge in [-0.2, -0.15) is 0 Å². The van der Waals surface area contributed by atoms with Crippen LogP contribution in [0.2, 0.25) is 5.02 Å². The van der Waals surface area contributed by atoms with Crippen LogP contribution in [0.25, 0.3) is 0 Å². The molecule has 1 unspecified atom stereocenters. The Balaban J connectivity index is 3.29. The van der Waals surface area contributed by atoms with E-state index in [0.29, 0.717) is 12.0 Å². The molecule has 0 spiro atoms. The lowest BCUT2D eigenvalue weighted by Gasteiger charge is -2.09. The van der Waals surface area contributed by atoms with E-state index in [1.165, 1.54) is 6.07 Å². The molecule has 0 amide bonds. The summed E-state index contributed by atoms with van der Waals surface area (Å²) in [6.45, 7) is 1.77. The molecule has 1 aromatic rings. The molecule has 1 aromatic carbocycles. The molecule has 0 aliphatic heterocycles. The fourth-order valence-electron chi connectivity index (χ4n) is 1.46. The highest BCUT2D eigenvalue weighted by atomic mass is 35.5. The fraction of sp³-hybridized carbons (Fsp3) is 0.400. The molecule has 1 atom stereocenters. The van der Waals surface area contributed by atoms with Crippen LogP contribution >= 0.6 is 11.6 Å². The summed E-state index contributed by atoms with van der Waals surface area (Å²) in [5, 5.41) is -0.0989. The van der Waals surface area contributed by atoms with Crippen LogP contribution in [0.1, 0.15) is 12.5 Å². The van der Waals surface area contributed by atoms with Crippen LogP contribution in [0.4, 0.5) is 4.39 Å². The summed E-state index contributed by atoms with van der Waals surface area (Å²) in [7, 11) is -3.65. The van der Waals surface area contributed by atoms with Crippen molar-refractivity contribution in [3.63, 3.8) is 0 Å². The van der Waals surface area contributed by atoms with Crippen LogP contribution < -0.4 is 5.73 Å². The molecule has 0 heterocycles. The van der Waals surface area contributed by atoms with Crippen molar-refractivity contribution < 1.29 is 12.8 Å². The number of benzene rings is 1. The number of rotatable bonds is 3. The van der Waals surface area contributed by atoms with Crippen molar-refractivity contribution in [1.29, 1.82) is 0 Å². The van der Waals surface area contributed by atoms with Gasteiger partial charge in [-0.15, -0.1) is 0 Å². The summed E-state index contributed by atoms with van der Waals surface area (Å²) >= 11 is 5.74. The van der Waals surface area contributed by atoms with Gasteiger partial charge in [-0.25, -0.2) is 12.8 Å². The Kier molecular flexibility index (Phi) is 3.93. The summed E-state index contributed by atoms with van der Waals surface area (Å²) in [6.07, 6.45) is 1.36. The van der Waals surface area contributed by atoms with E-state index in [9.17, 15) is 12.8 Å². The minimum atomic E-state index is -3.65. The highest BCUT2D eigenvalue weighted by molar-refractivity contribution is 7.90. The molecule has 90 valence electrons. The lowest BCUT2D eigenvalue weighted by molar-refractivity contribution is 0.569. The van der Waals surface area contributed by atoms with E-state index in [-0.39, 0.29) is 11.1 Å². The summed E-state index contributed by atoms with van der Waals surface area (Å²) < 4.78 is 36.1. The van der Waals surface area contributed by atoms with Gasteiger partial charge in [0.15, 0.2) is 9.84 Å². The van der Waals surface area contributed by atoms with E-state index in [1.54, 1.807) is 6.92 Å². The fourth-order valence-corrected chi connectivity index (χ4v) is 2.93. The maximum Gasteiger partial charge on any atom is 0.179 e. The maximum absolute atomic E-state index is 13.6. The first-order valence-corrected chi connectivity index (χ1v) is 6.92. The average molecular weight is 266 g/mol. The largest absolute Gasteiger partial charge is 0.328 e. The van der Waals surface area contributed by atoms with Crippen molar-refractivity contribution in [2.45, 2.75) is 24.3 Å². The predicted octanol–water partition coefficient (Wildman–Crippen LogP) is 1.77. The first-order chi connectivity index (χ1) is 7.21. The number of hydrogen-bond donors (Lipinski definition) is 1. The molecule has 1 rings (SSSR count). The van der Waals surface area contributed by atoms with Crippen molar-refractivity contribution in [2.75, 3.05) is 6.26 Å². The van der Waals surface area contributed by atoms with Gasteiger partial charge in [0.1, 0.15) is 10.7 Å². The number of hydrogen-bond acceptors (Lipinski definition) is 3. The summed E-state index contributed by atoms with van der Waals surface area (Å²) in [6, 6.07) is 2.45. The standard InChI is InChI=1S/C10H13ClFNO2S/c1-6(13)3-7-4-8(11)10(9(12)5-7)16(2,14)15/h4-6H,3,13H2,1-2H3. The maximum atomic E-state index is 13.6. The molecule has 0 fully saturated rings. The third kappa shape index (κ3) is 3.17. The lowest BCUT2D eigenvalue weighted by atomic mass is 10.1. The lowest BCUT2D eigenvalue weighted by Crippen LogP contribution is -2.18. The molecule has 0 radical (unpaired) electrons. The Morgan fingerprint density at radius 1 is 1.50 bits per heavy atom. The van der Waals surface area contributed by atoms with Crippen molar-refractivity contribution >= 4 is 21.4 Å². The van der Waals surface area contributed by atoms with E-state index in [4.69, 9.17) is 17.3 Å². The molecule has 0 aromatic heterocycles. The van der Waals surface area contributed by atoms with Gasteiger partial charge in [-0.3, -0.25) is 0 Å². The molecule has 0 saturated heterocycles. The second-order valence-corrected chi connectivity index (χ2v) is 6.20. The van der Waals surface area contributed by atoms with E-state index >= 15 is 0 Å². The van der Waals surface area contributed by atoms with Gasteiger partial charge < -0.3 is 5.73 Å². The molecule has 2 N–H and O–H groups in total. The Hall–Kier alpha value is -0.650. The van der Waals surface area contributed by atoms with Crippen molar-refractivity contribution in [3.8, 4) is 0 Å². The van der Waals surface area contributed by atoms with Crippen molar-refractivity contribution in [1.82, 2.24) is 0 Å². The first-order valence-electron chi connectivity index (χ1n) is 4.65. The van der Waals surface area contributed by atoms with Crippen LogP contribution in [0.3, 0.4) is 0 Å². The van der Waals surface area contributed by atoms with Gasteiger partial charge in [0.05, 0.1) is 5.02 Å². The van der Waals surface area contributed by atoms with Gasteiger partial charge >= 0.3 is 0 Å². The number of halogens is 2. The second-order valence-electron chi connectivity index (χ2n) is 3.84. The SMILES string of the molecule is CC(N)Cc1cc(F)c(S(C)(=O)=O)c(Cl)c1. The van der Waals surface area contributed by atoms with Gasteiger partial charge in [-0.1, -0.05) is 11.6 Å². The Morgan fingerprint density at radius 3 is 2.44 bits per heavy atom. The van der Waals surface area contributed by atoms with Crippen LogP contribution in [0, 0.1) is 5.82 Å². The van der Waals surface area contributed by atoms with Crippen molar-refractivity contribution in [2.24, 2.45) is 5.73 Å². The number of nitrogens with two attached hydrogens (primary N) is 1. The molecule has 3 nitrogen and oxygen atoms in total. The monoisotopic (exact) mass is 265 g/mol. The Morgan fingerprint density at radius 2 is 2.06 bits per heavy atom. The zero-order valence-electron chi connectivity index (χ0n) is 9.00. The van der Waals surface area contributed by atoms with Gasteiger partial charge in [0.2, 0.25) is 0 Å². The molecular formula is C10H13ClFNO2S. The predicted molar refractivity (Wildman–Crippen MR) is 61.9 cm³/mol. The average Bonchev–Trinajstić information content (AvgIpc) is 1.96. The third-order valence-electron chi connectivity index (χ3n) is 1.99. The molecule has 0 saturated carbocycles. The highest BCUT2D eigenvalue weighted by Gasteiger charge is 2.19. The zero-order chi connectivity index (χ0) is 12.5. The topological polar surface area (TPSA) is 60.2 Å². The minimum Gasteiger partial charge on any atom is -0.328 e. The quantitative estimate of drug-likeness (QED) is 0.906. The van der Waals surface area contributed by atoms with Crippen LogP contribution in [-0.4, -0.2) is 20.7 Å². The van der Waals surface area contributed by atoms with E-state index in [0.717, 1.165) is 12.3 Å². The summed E-state index contributed by atoms with van der Waals surface area (Å²) in [5.41, 5.74) is 6.15. The molecule has 16 heavy (non-hydrogen) atoms. The van der Waals surface area contributed by atoms with Crippen LogP contribution in [0.5, 0.6) is 0 Å². The molecule has 0 bridgehead atoms. The Bertz CT molecular complexity index is 477. The zero-order valence-corrected chi connectivity index (χ0v) is 10.6. The van der Waals surface area contributed by atoms with Crippen LogP contribution in [0.15, 0.2) is 17.0 Å². The third-order valence-corrected chi connectivity index (χ3v) is 3.55. The Labute approximate surface area is 99.3 Å². The van der Waals surface area contributed by atoms with E-state index in [1.807, 2.05) is 0 Å². The highest BCUT2D eigenvalue weighted by Crippen LogP contribution is 2.26. The van der Waals surface area contributed by atoms with Crippen molar-refractivity contribution in [3.05, 3.63) is 28.5 Å². The van der Waals surface area contributed by atoms with Gasteiger partial charge in [0, 0.05) is 12.3 Å². The molecule has 6 heteroatoms. The van der Waals surface area contributed by atoms with Gasteiger partial charge in [0.25, 0.3) is 0 Å². The van der Waals surface area contributed by atoms with Gasteiger partial charge in [-0.05, 0) is 31.0 Å². The summed E-state index contributed by atoms with van der Waals surface area (Å²) in [4.78, 5) is -0.456. The number of sulfone groups is 1. The van der Waals surface area contributed by atoms with Crippen LogP contribution in [-0.2, 0) is 16.3 Å².